The maximum atomic E-state index is 11.5. The summed E-state index contributed by atoms with van der Waals surface area (Å²) in [7, 11) is 3.26. The predicted molar refractivity (Wildman–Crippen MR) is 158 cm³/mol. The zero-order valence-corrected chi connectivity index (χ0v) is 22.7. The van der Waals surface area contributed by atoms with Crippen molar-refractivity contribution in [1.29, 1.82) is 0 Å². The third kappa shape index (κ3) is 4.45. The van der Waals surface area contributed by atoms with Crippen molar-refractivity contribution < 1.29 is 28.2 Å². The Bertz CT molecular complexity index is 2040. The molecule has 7 rings (SSSR count). The van der Waals surface area contributed by atoms with Gasteiger partial charge in [-0.15, -0.1) is 0 Å². The van der Waals surface area contributed by atoms with Crippen LogP contribution < -0.4 is 20.2 Å². The number of furan rings is 2. The van der Waals surface area contributed by atoms with E-state index >= 15 is 0 Å². The maximum Gasteiger partial charge on any atom is 0.335 e. The molecular weight excluding hydrogens is 532 g/mol. The van der Waals surface area contributed by atoms with Crippen LogP contribution >= 0.6 is 0 Å². The summed E-state index contributed by atoms with van der Waals surface area (Å²) in [6.45, 7) is 0. The molecule has 0 atom stereocenters. The Kier molecular flexibility index (Phi) is 6.01. The minimum absolute atomic E-state index is 0.204. The van der Waals surface area contributed by atoms with Crippen molar-refractivity contribution in [2.45, 2.75) is 0 Å². The largest absolute Gasteiger partial charge is 0.497 e. The van der Waals surface area contributed by atoms with Crippen LogP contribution in [-0.4, -0.2) is 30.3 Å². The molecule has 0 aliphatic carbocycles. The summed E-state index contributed by atoms with van der Waals surface area (Å²) in [5.41, 5.74) is 7.28. The quantitative estimate of drug-likeness (QED) is 0.240. The SMILES string of the molecule is COc1ccc(-c2cc3c(o2)=C/C(=C(\c2ccc(C(=O)O)cc2)c2cc4oc(-c5ccc(OC)cc5)cc4[nH]2)N=3)cc1. The third-order valence-corrected chi connectivity index (χ3v) is 7.25. The molecule has 8 heteroatoms. The molecular formula is C34H24N2O6. The molecule has 3 aromatic carbocycles. The molecule has 0 amide bonds. The number of carbonyl (C=O) groups is 1. The van der Waals surface area contributed by atoms with E-state index in [2.05, 4.69) is 4.98 Å². The van der Waals surface area contributed by atoms with Gasteiger partial charge < -0.3 is 28.4 Å². The van der Waals surface area contributed by atoms with Crippen molar-refractivity contribution in [3.8, 4) is 34.1 Å². The lowest BCUT2D eigenvalue weighted by atomic mass is 9.99. The number of allylic oxidation sites excluding steroid dienone is 1. The Morgan fingerprint density at radius 1 is 0.762 bits per heavy atom. The number of nitrogens with zero attached hydrogens (tertiary/aromatic N) is 1. The minimum atomic E-state index is -0.985. The van der Waals surface area contributed by atoms with Crippen molar-refractivity contribution in [2.75, 3.05) is 14.2 Å². The Labute approximate surface area is 239 Å². The lowest BCUT2D eigenvalue weighted by Crippen LogP contribution is -2.14. The molecule has 2 N–H and O–H groups in total. The van der Waals surface area contributed by atoms with E-state index in [0.29, 0.717) is 27.8 Å². The second-order valence-electron chi connectivity index (χ2n) is 9.79. The maximum absolute atomic E-state index is 11.5. The summed E-state index contributed by atoms with van der Waals surface area (Å²) >= 11 is 0. The number of hydrogen-bond acceptors (Lipinski definition) is 6. The van der Waals surface area contributed by atoms with E-state index < -0.39 is 5.97 Å². The molecule has 8 nitrogen and oxygen atoms in total. The van der Waals surface area contributed by atoms with Crippen molar-refractivity contribution in [3.05, 3.63) is 124 Å². The normalized spacial score (nSPS) is 13.4. The number of aromatic amines is 1. The molecule has 3 aromatic heterocycles. The van der Waals surface area contributed by atoms with Gasteiger partial charge in [-0.25, -0.2) is 9.79 Å². The molecule has 0 fully saturated rings. The first-order chi connectivity index (χ1) is 20.5. The number of ether oxygens (including phenoxy) is 2. The number of fused-ring (bicyclic) bond motifs is 2. The number of aromatic carboxylic acids is 1. The van der Waals surface area contributed by atoms with Crippen molar-refractivity contribution in [1.82, 2.24) is 4.98 Å². The summed E-state index contributed by atoms with van der Waals surface area (Å²) < 4.78 is 22.9. The summed E-state index contributed by atoms with van der Waals surface area (Å²) in [5.74, 6) is 1.99. The van der Waals surface area contributed by atoms with Gasteiger partial charge in [0.25, 0.3) is 0 Å². The van der Waals surface area contributed by atoms with Gasteiger partial charge in [-0.1, -0.05) is 12.1 Å². The highest BCUT2D eigenvalue weighted by Gasteiger charge is 2.20. The van der Waals surface area contributed by atoms with Gasteiger partial charge in [0.15, 0.2) is 11.0 Å². The Morgan fingerprint density at radius 3 is 1.90 bits per heavy atom. The van der Waals surface area contributed by atoms with Crippen molar-refractivity contribution >= 4 is 28.7 Å². The molecule has 42 heavy (non-hydrogen) atoms. The molecule has 0 radical (unpaired) electrons. The fraction of sp³-hybridized carbons (Fsp3) is 0.0588. The monoisotopic (exact) mass is 556 g/mol. The fourth-order valence-corrected chi connectivity index (χ4v) is 5.07. The topological polar surface area (TPSA) is 110 Å². The van der Waals surface area contributed by atoms with E-state index in [-0.39, 0.29) is 5.56 Å². The van der Waals surface area contributed by atoms with Gasteiger partial charge >= 0.3 is 5.97 Å². The van der Waals surface area contributed by atoms with E-state index in [9.17, 15) is 9.90 Å². The minimum Gasteiger partial charge on any atom is -0.497 e. The van der Waals surface area contributed by atoms with Gasteiger partial charge in [-0.3, -0.25) is 0 Å². The number of rotatable bonds is 7. The molecule has 206 valence electrons. The van der Waals surface area contributed by atoms with Gasteiger partial charge in [0.2, 0.25) is 0 Å². The van der Waals surface area contributed by atoms with E-state index in [0.717, 1.165) is 50.7 Å². The van der Waals surface area contributed by atoms with E-state index in [1.54, 1.807) is 38.5 Å². The average Bonchev–Trinajstić information content (AvgIpc) is 3.78. The van der Waals surface area contributed by atoms with E-state index in [1.807, 2.05) is 72.8 Å². The average molecular weight is 557 g/mol. The number of nitrogens with one attached hydrogen (secondary N) is 1. The standard InChI is InChI=1S/C34H24N2O6/c1-39-23-11-7-19(8-12-23)29-15-25-31(41-29)17-27(35-25)33(21-3-5-22(6-4-21)34(37)38)28-18-32-26(36-28)16-30(42-32)20-9-13-24(40-2)14-10-20/h3-18,35H,1-2H3,(H,37,38)/b33-28-. The highest BCUT2D eigenvalue weighted by atomic mass is 16.5. The summed E-state index contributed by atoms with van der Waals surface area (Å²) in [6.07, 6.45) is 1.90. The number of benzene rings is 3. The van der Waals surface area contributed by atoms with E-state index in [1.165, 1.54) is 0 Å². The summed E-state index contributed by atoms with van der Waals surface area (Å²) in [4.78, 5) is 19.9. The highest BCUT2D eigenvalue weighted by Crippen LogP contribution is 2.35. The Balaban J connectivity index is 1.31. The second kappa shape index (κ2) is 10.0. The second-order valence-corrected chi connectivity index (χ2v) is 9.79. The first-order valence-electron chi connectivity index (χ1n) is 13.2. The van der Waals surface area contributed by atoms with Gasteiger partial charge in [0.1, 0.15) is 28.4 Å². The van der Waals surface area contributed by atoms with Crippen LogP contribution in [0.3, 0.4) is 0 Å². The summed E-state index contributed by atoms with van der Waals surface area (Å²) in [6, 6.07) is 27.8. The third-order valence-electron chi connectivity index (χ3n) is 7.25. The zero-order chi connectivity index (χ0) is 28.8. The van der Waals surface area contributed by atoms with Crippen LogP contribution in [0.5, 0.6) is 11.5 Å². The van der Waals surface area contributed by atoms with E-state index in [4.69, 9.17) is 23.3 Å². The summed E-state index contributed by atoms with van der Waals surface area (Å²) in [5, 5.41) is 10.1. The number of carboxylic acid groups (broad SMARTS) is 1. The van der Waals surface area contributed by atoms with Gasteiger partial charge in [-0.2, -0.15) is 0 Å². The van der Waals surface area contributed by atoms with Crippen LogP contribution in [0.15, 0.2) is 111 Å². The van der Waals surface area contributed by atoms with Crippen LogP contribution in [-0.2, 0) is 0 Å². The van der Waals surface area contributed by atoms with Crippen LogP contribution in [0.1, 0.15) is 21.6 Å². The molecule has 0 unspecified atom stereocenters. The molecule has 0 saturated carbocycles. The van der Waals surface area contributed by atoms with Crippen LogP contribution in [0, 0.1) is 0 Å². The molecule has 4 heterocycles. The first-order valence-corrected chi connectivity index (χ1v) is 13.2. The lowest BCUT2D eigenvalue weighted by Gasteiger charge is -2.09. The van der Waals surface area contributed by atoms with Crippen LogP contribution in [0.4, 0.5) is 0 Å². The predicted octanol–water partition coefficient (Wildman–Crippen LogP) is 6.28. The van der Waals surface area contributed by atoms with Crippen LogP contribution in [0.2, 0.25) is 0 Å². The van der Waals surface area contributed by atoms with Gasteiger partial charge in [0.05, 0.1) is 36.7 Å². The van der Waals surface area contributed by atoms with Crippen molar-refractivity contribution in [2.24, 2.45) is 4.99 Å². The number of aromatic nitrogens is 1. The molecule has 0 bridgehead atoms. The molecule has 1 aliphatic rings. The molecule has 6 aromatic rings. The lowest BCUT2D eigenvalue weighted by molar-refractivity contribution is 0.0697. The van der Waals surface area contributed by atoms with Crippen molar-refractivity contribution in [3.63, 3.8) is 0 Å². The first kappa shape index (κ1) is 25.2. The Hall–Kier alpha value is -5.76. The van der Waals surface area contributed by atoms with Crippen LogP contribution in [0.25, 0.3) is 45.4 Å². The highest BCUT2D eigenvalue weighted by molar-refractivity contribution is 5.93. The molecule has 0 saturated heterocycles. The fourth-order valence-electron chi connectivity index (χ4n) is 5.07. The number of carboxylic acids is 1. The van der Waals surface area contributed by atoms with Gasteiger partial charge in [-0.05, 0) is 66.2 Å². The number of methoxy groups -OCH3 is 2. The Morgan fingerprint density at radius 2 is 1.36 bits per heavy atom. The molecule has 0 spiro atoms. The molecule has 1 aliphatic heterocycles. The van der Waals surface area contributed by atoms with Gasteiger partial charge in [0, 0.05) is 41.0 Å². The number of H-pyrrole nitrogens is 1. The number of hydrogen-bond donors (Lipinski definition) is 2. The zero-order valence-electron chi connectivity index (χ0n) is 22.7. The smallest absolute Gasteiger partial charge is 0.335 e.